The largest absolute Gasteiger partial charge is 0.265 e. The Morgan fingerprint density at radius 1 is 1.17 bits per heavy atom. The highest BCUT2D eigenvalue weighted by molar-refractivity contribution is 7.93. The predicted molar refractivity (Wildman–Crippen MR) is 94.8 cm³/mol. The second-order valence-corrected chi connectivity index (χ2v) is 8.60. The van der Waals surface area contributed by atoms with Crippen molar-refractivity contribution in [3.05, 3.63) is 36.0 Å². The van der Waals surface area contributed by atoms with E-state index in [0.29, 0.717) is 6.04 Å². The third-order valence-electron chi connectivity index (χ3n) is 4.42. The molecule has 0 atom stereocenters. The van der Waals surface area contributed by atoms with E-state index in [1.165, 1.54) is 30.6 Å². The van der Waals surface area contributed by atoms with Crippen molar-refractivity contribution in [3.8, 4) is 0 Å². The van der Waals surface area contributed by atoms with Gasteiger partial charge in [-0.1, -0.05) is 37.5 Å². The van der Waals surface area contributed by atoms with E-state index in [2.05, 4.69) is 14.8 Å². The average molecular weight is 362 g/mol. The number of nitrogens with zero attached hydrogens (tertiary/aromatic N) is 3. The Balaban J connectivity index is 1.59. The van der Waals surface area contributed by atoms with Crippen LogP contribution in [0.25, 0.3) is 10.1 Å². The molecule has 1 aromatic carbocycles. The second kappa shape index (κ2) is 6.18. The fraction of sp³-hybridized carbons (Fsp3) is 0.375. The summed E-state index contributed by atoms with van der Waals surface area (Å²) in [7, 11) is -3.69. The molecule has 3 aromatic rings. The molecule has 0 bridgehead atoms. The minimum absolute atomic E-state index is 0.135. The van der Waals surface area contributed by atoms with E-state index in [-0.39, 0.29) is 10.8 Å². The lowest BCUT2D eigenvalue weighted by Crippen LogP contribution is -2.16. The Kier molecular flexibility index (Phi) is 4.01. The molecule has 8 heteroatoms. The van der Waals surface area contributed by atoms with Gasteiger partial charge in [0.05, 0.1) is 6.04 Å². The number of hydrogen-bond acceptors (Lipinski definition) is 5. The smallest absolute Gasteiger partial charge is 0.248 e. The molecule has 6 nitrogen and oxygen atoms in total. The zero-order valence-corrected chi connectivity index (χ0v) is 14.7. The first-order chi connectivity index (χ1) is 11.6. The zero-order valence-electron chi connectivity index (χ0n) is 13.1. The summed E-state index contributed by atoms with van der Waals surface area (Å²) in [6.45, 7) is 0. The molecular formula is C16H18N4O2S2. The van der Waals surface area contributed by atoms with Crippen LogP contribution in [-0.2, 0) is 10.0 Å². The zero-order chi connectivity index (χ0) is 16.6. The molecule has 2 heterocycles. The fourth-order valence-corrected chi connectivity index (χ4v) is 5.63. The van der Waals surface area contributed by atoms with Crippen LogP contribution in [0.1, 0.15) is 38.1 Å². The highest BCUT2D eigenvalue weighted by Gasteiger charge is 2.22. The van der Waals surface area contributed by atoms with Gasteiger partial charge < -0.3 is 0 Å². The second-order valence-electron chi connectivity index (χ2n) is 6.04. The molecule has 1 aliphatic rings. The van der Waals surface area contributed by atoms with E-state index in [1.807, 2.05) is 24.3 Å². The van der Waals surface area contributed by atoms with Crippen LogP contribution in [-0.4, -0.2) is 23.2 Å². The standard InChI is InChI=1S/C16H18N4O2S2/c21-24(22,15-10-23-14-9-5-4-8-13(14)15)19-16-17-11-20(18-16)12-6-2-1-3-7-12/h4-5,8-12H,1-3,6-7H2,(H,18,19). The molecule has 2 aromatic heterocycles. The highest BCUT2D eigenvalue weighted by Crippen LogP contribution is 2.30. The summed E-state index contributed by atoms with van der Waals surface area (Å²) in [5, 5.41) is 6.71. The predicted octanol–water partition coefficient (Wildman–Crippen LogP) is 3.80. The molecule has 0 unspecified atom stereocenters. The van der Waals surface area contributed by atoms with Gasteiger partial charge in [-0.2, -0.15) is 4.98 Å². The molecule has 1 N–H and O–H groups in total. The number of aromatic nitrogens is 3. The SMILES string of the molecule is O=S(=O)(Nc1ncn(C2CCCCC2)n1)c1csc2ccccc12. The van der Waals surface area contributed by atoms with Crippen LogP contribution in [0.5, 0.6) is 0 Å². The van der Waals surface area contributed by atoms with E-state index in [0.717, 1.165) is 22.9 Å². The first-order valence-electron chi connectivity index (χ1n) is 8.04. The van der Waals surface area contributed by atoms with Crippen molar-refractivity contribution in [2.45, 2.75) is 43.0 Å². The summed E-state index contributed by atoms with van der Waals surface area (Å²) in [5.74, 6) is 0.135. The molecule has 0 amide bonds. The van der Waals surface area contributed by atoms with Crippen molar-refractivity contribution in [1.29, 1.82) is 0 Å². The molecule has 126 valence electrons. The Bertz CT molecular complexity index is 955. The van der Waals surface area contributed by atoms with Crippen molar-refractivity contribution >= 4 is 37.4 Å². The van der Waals surface area contributed by atoms with E-state index < -0.39 is 10.0 Å². The van der Waals surface area contributed by atoms with Crippen molar-refractivity contribution in [2.75, 3.05) is 4.72 Å². The maximum atomic E-state index is 12.7. The number of anilines is 1. The number of sulfonamides is 1. The number of fused-ring (bicyclic) bond motifs is 1. The number of hydrogen-bond donors (Lipinski definition) is 1. The monoisotopic (exact) mass is 362 g/mol. The Hall–Kier alpha value is -1.93. The lowest BCUT2D eigenvalue weighted by molar-refractivity contribution is 0.329. The van der Waals surface area contributed by atoms with Gasteiger partial charge in [0.1, 0.15) is 11.2 Å². The van der Waals surface area contributed by atoms with E-state index in [1.54, 1.807) is 16.4 Å². The number of benzene rings is 1. The van der Waals surface area contributed by atoms with Gasteiger partial charge in [0, 0.05) is 15.5 Å². The van der Waals surface area contributed by atoms with Crippen LogP contribution in [0.15, 0.2) is 40.9 Å². The first kappa shape index (κ1) is 15.6. The maximum Gasteiger partial charge on any atom is 0.265 e. The van der Waals surface area contributed by atoms with Gasteiger partial charge in [-0.25, -0.2) is 17.8 Å². The topological polar surface area (TPSA) is 76.9 Å². The molecule has 0 saturated heterocycles. The van der Waals surface area contributed by atoms with Crippen LogP contribution < -0.4 is 4.72 Å². The average Bonchev–Trinajstić information content (AvgIpc) is 3.22. The molecule has 0 aliphatic heterocycles. The van der Waals surface area contributed by atoms with Crippen LogP contribution in [0.3, 0.4) is 0 Å². The maximum absolute atomic E-state index is 12.7. The molecule has 1 fully saturated rings. The summed E-state index contributed by atoms with van der Waals surface area (Å²) in [5.41, 5.74) is 0. The molecule has 0 radical (unpaired) electrons. The number of rotatable bonds is 4. The Morgan fingerprint density at radius 2 is 1.96 bits per heavy atom. The van der Waals surface area contributed by atoms with E-state index >= 15 is 0 Å². The van der Waals surface area contributed by atoms with Crippen LogP contribution in [0.2, 0.25) is 0 Å². The minimum atomic E-state index is -3.69. The van der Waals surface area contributed by atoms with Gasteiger partial charge in [-0.15, -0.1) is 16.4 Å². The van der Waals surface area contributed by atoms with Crippen LogP contribution in [0.4, 0.5) is 5.95 Å². The van der Waals surface area contributed by atoms with Gasteiger partial charge in [0.15, 0.2) is 0 Å². The van der Waals surface area contributed by atoms with Crippen molar-refractivity contribution in [1.82, 2.24) is 14.8 Å². The number of thiophene rings is 1. The van der Waals surface area contributed by atoms with Crippen LogP contribution >= 0.6 is 11.3 Å². The molecule has 1 saturated carbocycles. The molecule has 4 rings (SSSR count). The minimum Gasteiger partial charge on any atom is -0.248 e. The van der Waals surface area contributed by atoms with Crippen molar-refractivity contribution in [3.63, 3.8) is 0 Å². The molecule has 1 aliphatic carbocycles. The summed E-state index contributed by atoms with van der Waals surface area (Å²) in [6, 6.07) is 7.79. The normalized spacial score (nSPS) is 16.5. The summed E-state index contributed by atoms with van der Waals surface area (Å²) < 4.78 is 30.6. The third-order valence-corrected chi connectivity index (χ3v) is 6.90. The van der Waals surface area contributed by atoms with Crippen molar-refractivity contribution < 1.29 is 8.42 Å². The van der Waals surface area contributed by atoms with Crippen LogP contribution in [0, 0.1) is 0 Å². The molecule has 0 spiro atoms. The first-order valence-corrected chi connectivity index (χ1v) is 10.4. The Labute approximate surface area is 144 Å². The van der Waals surface area contributed by atoms with Crippen molar-refractivity contribution in [2.24, 2.45) is 0 Å². The third kappa shape index (κ3) is 2.91. The molecular weight excluding hydrogens is 344 g/mol. The Morgan fingerprint density at radius 3 is 2.79 bits per heavy atom. The van der Waals surface area contributed by atoms with E-state index in [9.17, 15) is 8.42 Å². The summed E-state index contributed by atoms with van der Waals surface area (Å²) >= 11 is 1.41. The quantitative estimate of drug-likeness (QED) is 0.766. The summed E-state index contributed by atoms with van der Waals surface area (Å²) in [4.78, 5) is 4.41. The number of nitrogens with one attached hydrogen (secondary N) is 1. The van der Waals surface area contributed by atoms with Gasteiger partial charge in [-0.05, 0) is 18.9 Å². The van der Waals surface area contributed by atoms with Gasteiger partial charge in [0.25, 0.3) is 16.0 Å². The lowest BCUT2D eigenvalue weighted by atomic mass is 9.96. The summed E-state index contributed by atoms with van der Waals surface area (Å²) in [6.07, 6.45) is 7.41. The molecule has 24 heavy (non-hydrogen) atoms. The lowest BCUT2D eigenvalue weighted by Gasteiger charge is -2.21. The van der Waals surface area contributed by atoms with Gasteiger partial charge in [-0.3, -0.25) is 0 Å². The van der Waals surface area contributed by atoms with Gasteiger partial charge >= 0.3 is 0 Å². The van der Waals surface area contributed by atoms with Gasteiger partial charge in [0.2, 0.25) is 0 Å². The van der Waals surface area contributed by atoms with E-state index in [4.69, 9.17) is 0 Å². The highest BCUT2D eigenvalue weighted by atomic mass is 32.2. The fourth-order valence-electron chi connectivity index (χ4n) is 3.18.